The number of benzene rings is 1. The molecule has 0 aromatic heterocycles. The fraction of sp³-hybridized carbons (Fsp3) is 0.471. The molecule has 26 heavy (non-hydrogen) atoms. The van der Waals surface area contributed by atoms with Crippen LogP contribution in [0.1, 0.15) is 48.4 Å². The first-order valence-corrected chi connectivity index (χ1v) is 8.98. The van der Waals surface area contributed by atoms with E-state index in [-0.39, 0.29) is 22.7 Å². The van der Waals surface area contributed by atoms with E-state index >= 15 is 0 Å². The van der Waals surface area contributed by atoms with E-state index in [1.165, 1.54) is 6.07 Å². The first kappa shape index (κ1) is 20.0. The van der Waals surface area contributed by atoms with Crippen LogP contribution in [-0.4, -0.2) is 38.7 Å². The Labute approximate surface area is 158 Å². The molecule has 1 aromatic carbocycles. The summed E-state index contributed by atoms with van der Waals surface area (Å²) < 4.78 is 5.33. The molecule has 1 aromatic rings. The molecular formula is C17H19BrN2O6. The molecule has 2 atom stereocenters. The summed E-state index contributed by atoms with van der Waals surface area (Å²) in [6.45, 7) is 7.07. The van der Waals surface area contributed by atoms with E-state index in [0.717, 1.165) is 17.0 Å². The third kappa shape index (κ3) is 3.62. The number of non-ortho nitro benzene ring substituents is 1. The third-order valence-electron chi connectivity index (χ3n) is 4.02. The molecule has 0 fully saturated rings. The minimum atomic E-state index is -1.12. The highest BCUT2D eigenvalue weighted by molar-refractivity contribution is 9.09. The first-order chi connectivity index (χ1) is 12.1. The maximum atomic E-state index is 12.7. The molecule has 0 spiro atoms. The second-order valence-electron chi connectivity index (χ2n) is 6.69. The van der Waals surface area contributed by atoms with E-state index in [0.29, 0.717) is 0 Å². The van der Waals surface area contributed by atoms with Gasteiger partial charge in [0, 0.05) is 18.1 Å². The molecule has 0 radical (unpaired) electrons. The van der Waals surface area contributed by atoms with Crippen molar-refractivity contribution in [1.29, 1.82) is 0 Å². The van der Waals surface area contributed by atoms with Gasteiger partial charge in [-0.1, -0.05) is 27.7 Å². The van der Waals surface area contributed by atoms with Crippen LogP contribution in [-0.2, 0) is 9.53 Å². The average molecular weight is 427 g/mol. The molecule has 8 nitrogen and oxygen atoms in total. The van der Waals surface area contributed by atoms with Crippen LogP contribution in [0.15, 0.2) is 18.2 Å². The van der Waals surface area contributed by atoms with Gasteiger partial charge in [-0.05, 0) is 27.9 Å². The monoisotopic (exact) mass is 426 g/mol. The van der Waals surface area contributed by atoms with Crippen LogP contribution in [0.2, 0.25) is 0 Å². The minimum absolute atomic E-state index is 0.00316. The van der Waals surface area contributed by atoms with Crippen LogP contribution >= 0.6 is 15.9 Å². The molecule has 2 rings (SSSR count). The topological polar surface area (TPSA) is 107 Å². The second kappa shape index (κ2) is 7.53. The number of carbonyl (C=O) groups is 3. The summed E-state index contributed by atoms with van der Waals surface area (Å²) in [6.07, 6.45) is 0. The van der Waals surface area contributed by atoms with E-state index < -0.39 is 39.7 Å². The maximum Gasteiger partial charge on any atom is 0.330 e. The van der Waals surface area contributed by atoms with E-state index in [1.54, 1.807) is 13.8 Å². The Morgan fingerprint density at radius 2 is 1.69 bits per heavy atom. The van der Waals surface area contributed by atoms with Crippen LogP contribution in [0, 0.1) is 22.0 Å². The molecular weight excluding hydrogens is 408 g/mol. The number of nitro groups is 1. The third-order valence-corrected chi connectivity index (χ3v) is 5.26. The summed E-state index contributed by atoms with van der Waals surface area (Å²) in [6, 6.07) is 2.32. The molecule has 0 aliphatic carbocycles. The molecule has 1 aliphatic rings. The zero-order valence-corrected chi connectivity index (χ0v) is 16.3. The molecule has 140 valence electrons. The van der Waals surface area contributed by atoms with Crippen LogP contribution in [0.5, 0.6) is 0 Å². The first-order valence-electron chi connectivity index (χ1n) is 8.07. The molecule has 9 heteroatoms. The van der Waals surface area contributed by atoms with Crippen LogP contribution in [0.4, 0.5) is 5.69 Å². The Balaban J connectivity index is 2.38. The Morgan fingerprint density at radius 3 is 2.19 bits per heavy atom. The fourth-order valence-corrected chi connectivity index (χ4v) is 2.79. The zero-order valence-electron chi connectivity index (χ0n) is 14.8. The van der Waals surface area contributed by atoms with Crippen molar-refractivity contribution in [2.75, 3.05) is 0 Å². The summed E-state index contributed by atoms with van der Waals surface area (Å²) in [4.78, 5) is 49.1. The molecule has 1 heterocycles. The lowest BCUT2D eigenvalue weighted by atomic mass is 10.0. The van der Waals surface area contributed by atoms with Gasteiger partial charge in [-0.25, -0.2) is 4.79 Å². The number of nitrogens with zero attached hydrogens (tertiary/aromatic N) is 2. The van der Waals surface area contributed by atoms with Gasteiger partial charge in [-0.2, -0.15) is 0 Å². The van der Waals surface area contributed by atoms with E-state index in [9.17, 15) is 24.5 Å². The lowest BCUT2D eigenvalue weighted by Crippen LogP contribution is -2.49. The largest absolute Gasteiger partial charge is 0.449 e. The predicted molar refractivity (Wildman–Crippen MR) is 95.9 cm³/mol. The quantitative estimate of drug-likeness (QED) is 0.227. The van der Waals surface area contributed by atoms with Gasteiger partial charge in [0.25, 0.3) is 17.5 Å². The van der Waals surface area contributed by atoms with Crippen molar-refractivity contribution in [2.45, 2.75) is 38.8 Å². The lowest BCUT2D eigenvalue weighted by Gasteiger charge is -2.29. The Morgan fingerprint density at radius 1 is 1.12 bits per heavy atom. The van der Waals surface area contributed by atoms with Crippen molar-refractivity contribution >= 4 is 39.4 Å². The molecule has 0 bridgehead atoms. The smallest absolute Gasteiger partial charge is 0.330 e. The fourth-order valence-electron chi connectivity index (χ4n) is 2.61. The summed E-state index contributed by atoms with van der Waals surface area (Å²) in [5.41, 5.74) is -0.337. The highest BCUT2D eigenvalue weighted by Gasteiger charge is 2.45. The molecule has 1 aliphatic heterocycles. The standard InChI is InChI=1S/C17H19BrN2O6/c1-8(2)13(17(23)26-14(18)9(3)4)19-15(21)11-6-5-10(20(24)25)7-12(11)16(19)22/h5-9,13-14H,1-4H3. The molecule has 0 saturated carbocycles. The number of hydrogen-bond donors (Lipinski definition) is 0. The number of fused-ring (bicyclic) bond motifs is 1. The molecule has 2 unspecified atom stereocenters. The minimum Gasteiger partial charge on any atom is -0.449 e. The molecule has 0 N–H and O–H groups in total. The van der Waals surface area contributed by atoms with Crippen molar-refractivity contribution in [3.05, 3.63) is 39.4 Å². The predicted octanol–water partition coefficient (Wildman–Crippen LogP) is 3.14. The summed E-state index contributed by atoms with van der Waals surface area (Å²) in [7, 11) is 0. The Bertz CT molecular complexity index is 777. The van der Waals surface area contributed by atoms with Crippen molar-refractivity contribution in [2.24, 2.45) is 11.8 Å². The van der Waals surface area contributed by atoms with Gasteiger partial charge in [0.05, 0.1) is 16.1 Å². The number of nitro benzene ring substituents is 1. The summed E-state index contributed by atoms with van der Waals surface area (Å²) in [5.74, 6) is -2.51. The van der Waals surface area contributed by atoms with Gasteiger partial charge in [-0.3, -0.25) is 24.6 Å². The number of alkyl halides is 1. The lowest BCUT2D eigenvalue weighted by molar-refractivity contribution is -0.384. The normalized spacial score (nSPS) is 16.0. The highest BCUT2D eigenvalue weighted by Crippen LogP contribution is 2.31. The Hall–Kier alpha value is -2.29. The number of halogens is 1. The number of rotatable bonds is 6. The van der Waals surface area contributed by atoms with Crippen LogP contribution < -0.4 is 0 Å². The van der Waals surface area contributed by atoms with Gasteiger partial charge in [-0.15, -0.1) is 0 Å². The van der Waals surface area contributed by atoms with Gasteiger partial charge in [0.15, 0.2) is 5.01 Å². The van der Waals surface area contributed by atoms with E-state index in [1.807, 2.05) is 13.8 Å². The average Bonchev–Trinajstić information content (AvgIpc) is 2.79. The Kier molecular flexibility index (Phi) is 5.80. The van der Waals surface area contributed by atoms with Crippen molar-refractivity contribution in [1.82, 2.24) is 4.90 Å². The number of amides is 2. The van der Waals surface area contributed by atoms with E-state index in [2.05, 4.69) is 15.9 Å². The number of carbonyl (C=O) groups excluding carboxylic acids is 3. The molecule has 2 amide bonds. The molecule has 0 saturated heterocycles. The van der Waals surface area contributed by atoms with Crippen LogP contribution in [0.25, 0.3) is 0 Å². The SMILES string of the molecule is CC(C)C(Br)OC(=O)C(C(C)C)N1C(=O)c2ccc([N+](=O)[O-])cc2C1=O. The van der Waals surface area contributed by atoms with Crippen molar-refractivity contribution < 1.29 is 24.0 Å². The van der Waals surface area contributed by atoms with Crippen molar-refractivity contribution in [3.8, 4) is 0 Å². The number of esters is 1. The van der Waals surface area contributed by atoms with Gasteiger partial charge in [0.2, 0.25) is 0 Å². The number of imide groups is 1. The van der Waals surface area contributed by atoms with Gasteiger partial charge in [0.1, 0.15) is 6.04 Å². The highest BCUT2D eigenvalue weighted by atomic mass is 79.9. The maximum absolute atomic E-state index is 12.7. The summed E-state index contributed by atoms with van der Waals surface area (Å²) >= 11 is 3.25. The summed E-state index contributed by atoms with van der Waals surface area (Å²) in [5, 5.41) is 10.4. The van der Waals surface area contributed by atoms with Gasteiger partial charge >= 0.3 is 5.97 Å². The number of hydrogen-bond acceptors (Lipinski definition) is 6. The number of ether oxygens (including phenoxy) is 1. The van der Waals surface area contributed by atoms with Gasteiger partial charge < -0.3 is 4.74 Å². The zero-order chi connectivity index (χ0) is 19.8. The second-order valence-corrected chi connectivity index (χ2v) is 7.59. The van der Waals surface area contributed by atoms with Crippen LogP contribution in [0.3, 0.4) is 0 Å². The van der Waals surface area contributed by atoms with E-state index in [4.69, 9.17) is 4.74 Å². The van der Waals surface area contributed by atoms with Crippen molar-refractivity contribution in [3.63, 3.8) is 0 Å².